The summed E-state index contributed by atoms with van der Waals surface area (Å²) in [5.41, 5.74) is 2.09. The van der Waals surface area contributed by atoms with E-state index in [1.165, 1.54) is 19.2 Å². The molecule has 2 aliphatic heterocycles. The number of fused-ring (bicyclic) bond motifs is 2. The summed E-state index contributed by atoms with van der Waals surface area (Å²) in [4.78, 5) is 53.0. The predicted octanol–water partition coefficient (Wildman–Crippen LogP) is 4.81. The van der Waals surface area contributed by atoms with Gasteiger partial charge in [-0.2, -0.15) is 5.26 Å². The number of halogens is 1. The van der Waals surface area contributed by atoms with Gasteiger partial charge in [0.25, 0.3) is 5.91 Å². The first-order valence-electron chi connectivity index (χ1n) is 13.5. The van der Waals surface area contributed by atoms with Gasteiger partial charge >= 0.3 is 12.2 Å². The zero-order chi connectivity index (χ0) is 30.6. The summed E-state index contributed by atoms with van der Waals surface area (Å²) in [6.45, 7) is 0.481. The molecule has 0 saturated carbocycles. The number of likely N-dealkylation sites (tertiary alicyclic amines) is 1. The van der Waals surface area contributed by atoms with E-state index < -0.39 is 29.7 Å². The summed E-state index contributed by atoms with van der Waals surface area (Å²) in [6.07, 6.45) is -0.0515. The van der Waals surface area contributed by atoms with Crippen LogP contribution in [0.2, 0.25) is 5.02 Å². The van der Waals surface area contributed by atoms with Gasteiger partial charge in [-0.05, 0) is 73.0 Å². The van der Waals surface area contributed by atoms with Crippen molar-refractivity contribution in [3.05, 3.63) is 94.0 Å². The van der Waals surface area contributed by atoms with Gasteiger partial charge in [0.05, 0.1) is 31.0 Å². The highest BCUT2D eigenvalue weighted by atomic mass is 35.5. The molecule has 0 unspecified atom stereocenters. The van der Waals surface area contributed by atoms with Gasteiger partial charge in [-0.15, -0.1) is 0 Å². The van der Waals surface area contributed by atoms with Crippen LogP contribution in [0.25, 0.3) is 0 Å². The van der Waals surface area contributed by atoms with Crippen LogP contribution in [0.3, 0.4) is 0 Å². The number of methoxy groups -OCH3 is 1. The van der Waals surface area contributed by atoms with E-state index in [9.17, 15) is 24.4 Å². The molecular weight excluding hydrogens is 574 g/mol. The largest absolute Gasteiger partial charge is 0.453 e. The highest BCUT2D eigenvalue weighted by molar-refractivity contribution is 6.30. The smallest absolute Gasteiger partial charge is 0.412 e. The lowest BCUT2D eigenvalue weighted by Gasteiger charge is -2.45. The topological polar surface area (TPSA) is 150 Å². The molecule has 3 N–H and O–H groups in total. The van der Waals surface area contributed by atoms with Gasteiger partial charge in [0.15, 0.2) is 5.60 Å². The first kappa shape index (κ1) is 29.4. The van der Waals surface area contributed by atoms with E-state index in [0.717, 1.165) is 5.56 Å². The maximum Gasteiger partial charge on any atom is 0.412 e. The number of nitriles is 1. The Bertz CT molecular complexity index is 1600. The third kappa shape index (κ3) is 6.55. The van der Waals surface area contributed by atoms with Gasteiger partial charge < -0.3 is 19.7 Å². The Morgan fingerprint density at radius 2 is 1.88 bits per heavy atom. The third-order valence-corrected chi connectivity index (χ3v) is 7.70. The summed E-state index contributed by atoms with van der Waals surface area (Å²) in [5.74, 6) is -0.840. The van der Waals surface area contributed by atoms with Gasteiger partial charge in [0, 0.05) is 34.8 Å². The number of carbonyl (C=O) groups is 4. The molecular formula is C31H28ClN5O6. The highest BCUT2D eigenvalue weighted by Gasteiger charge is 2.47. The minimum absolute atomic E-state index is 0.0836. The average Bonchev–Trinajstić information content (AvgIpc) is 3.01. The van der Waals surface area contributed by atoms with Crippen molar-refractivity contribution in [3.63, 3.8) is 0 Å². The Labute approximate surface area is 252 Å². The van der Waals surface area contributed by atoms with E-state index in [1.807, 2.05) is 0 Å². The quantitative estimate of drug-likeness (QED) is 0.367. The van der Waals surface area contributed by atoms with Crippen LogP contribution in [0.15, 0.2) is 66.7 Å². The molecule has 43 heavy (non-hydrogen) atoms. The second-order valence-corrected chi connectivity index (χ2v) is 10.7. The lowest BCUT2D eigenvalue weighted by Crippen LogP contribution is -2.57. The first-order chi connectivity index (χ1) is 20.7. The van der Waals surface area contributed by atoms with Crippen LogP contribution in [0.5, 0.6) is 0 Å². The van der Waals surface area contributed by atoms with Crippen molar-refractivity contribution in [2.45, 2.75) is 30.9 Å². The van der Waals surface area contributed by atoms with Crippen LogP contribution in [0, 0.1) is 11.3 Å². The fourth-order valence-electron chi connectivity index (χ4n) is 5.37. The van der Waals surface area contributed by atoms with Crippen molar-refractivity contribution in [1.29, 1.82) is 5.26 Å². The normalized spacial score (nSPS) is 17.9. The molecule has 11 nitrogen and oxygen atoms in total. The Morgan fingerprint density at radius 1 is 1.14 bits per heavy atom. The summed E-state index contributed by atoms with van der Waals surface area (Å²) < 4.78 is 10.4. The van der Waals surface area contributed by atoms with Crippen LogP contribution in [0.1, 0.15) is 39.9 Å². The third-order valence-electron chi connectivity index (χ3n) is 7.47. The van der Waals surface area contributed by atoms with E-state index in [-0.39, 0.29) is 24.4 Å². The van der Waals surface area contributed by atoms with Crippen LogP contribution in [0.4, 0.5) is 21.0 Å². The number of anilines is 2. The molecule has 3 aromatic rings. The highest BCUT2D eigenvalue weighted by Crippen LogP contribution is 2.43. The predicted molar refractivity (Wildman–Crippen MR) is 158 cm³/mol. The second kappa shape index (κ2) is 12.4. The molecule has 1 saturated heterocycles. The molecule has 0 bridgehead atoms. The van der Waals surface area contributed by atoms with Crippen molar-refractivity contribution < 1.29 is 28.7 Å². The standard InChI is InChI=1S/C31H28ClN5O6/c1-42-29(40)34-23-10-7-21(8-11-23)27(38)35-26(15-19-3-5-20(17-33)6-4-19)28(39)37-14-2-13-31(18-37)24-16-22(32)9-12-25(24)36-30(41)43-31/h3-12,16,26H,2,13-15,18H2,1H3,(H,34,40)(H,35,38)(H,36,41)/t26-,31-/m0/s1. The molecule has 0 aliphatic carbocycles. The summed E-state index contributed by atoms with van der Waals surface area (Å²) in [7, 11) is 1.25. The Morgan fingerprint density at radius 3 is 2.58 bits per heavy atom. The molecule has 3 aromatic carbocycles. The number of nitrogens with zero attached hydrogens (tertiary/aromatic N) is 2. The van der Waals surface area contributed by atoms with E-state index in [0.29, 0.717) is 46.9 Å². The molecule has 12 heteroatoms. The van der Waals surface area contributed by atoms with Crippen LogP contribution >= 0.6 is 11.6 Å². The van der Waals surface area contributed by atoms with Crippen molar-refractivity contribution in [1.82, 2.24) is 10.2 Å². The number of nitrogens with one attached hydrogen (secondary N) is 3. The number of hydrogen-bond acceptors (Lipinski definition) is 7. The van der Waals surface area contributed by atoms with E-state index in [1.54, 1.807) is 59.5 Å². The van der Waals surface area contributed by atoms with Gasteiger partial charge in [-0.1, -0.05) is 23.7 Å². The molecule has 0 aromatic heterocycles. The van der Waals surface area contributed by atoms with Crippen LogP contribution in [-0.2, 0) is 26.3 Å². The number of amides is 4. The van der Waals surface area contributed by atoms with Crippen molar-refractivity contribution in [2.24, 2.45) is 0 Å². The lowest BCUT2D eigenvalue weighted by molar-refractivity contribution is -0.141. The molecule has 2 aliphatic rings. The van der Waals surface area contributed by atoms with Crippen molar-refractivity contribution in [3.8, 4) is 6.07 Å². The zero-order valence-electron chi connectivity index (χ0n) is 23.2. The summed E-state index contributed by atoms with van der Waals surface area (Å²) in [5, 5.41) is 17.7. The fraction of sp³-hybridized carbons (Fsp3) is 0.258. The SMILES string of the molecule is COC(=O)Nc1ccc(C(=O)N[C@@H](Cc2ccc(C#N)cc2)C(=O)N2CCC[C@@]3(C2)OC(=O)Nc2ccc(Cl)cc23)cc1. The molecule has 5 rings (SSSR count). The zero-order valence-corrected chi connectivity index (χ0v) is 23.9. The van der Waals surface area contributed by atoms with E-state index in [2.05, 4.69) is 26.8 Å². The minimum atomic E-state index is -1.10. The Hall–Kier alpha value is -5.08. The Balaban J connectivity index is 1.40. The average molecular weight is 602 g/mol. The number of ether oxygens (including phenoxy) is 2. The van der Waals surface area contributed by atoms with Gasteiger partial charge in [0.1, 0.15) is 6.04 Å². The number of benzene rings is 3. The van der Waals surface area contributed by atoms with Crippen molar-refractivity contribution in [2.75, 3.05) is 30.8 Å². The summed E-state index contributed by atoms with van der Waals surface area (Å²) in [6, 6.07) is 19.1. The molecule has 2 atom stereocenters. The van der Waals surface area contributed by atoms with E-state index >= 15 is 0 Å². The molecule has 220 valence electrons. The monoisotopic (exact) mass is 601 g/mol. The van der Waals surface area contributed by atoms with Crippen LogP contribution in [-0.4, -0.2) is 55.1 Å². The number of carbonyl (C=O) groups excluding carboxylic acids is 4. The Kier molecular flexibility index (Phi) is 8.50. The maximum atomic E-state index is 14.1. The maximum absolute atomic E-state index is 14.1. The lowest BCUT2D eigenvalue weighted by atomic mass is 9.83. The van der Waals surface area contributed by atoms with Gasteiger partial charge in [0.2, 0.25) is 5.91 Å². The van der Waals surface area contributed by atoms with Crippen LogP contribution < -0.4 is 16.0 Å². The fourth-order valence-corrected chi connectivity index (χ4v) is 5.54. The second-order valence-electron chi connectivity index (χ2n) is 10.3. The van der Waals surface area contributed by atoms with Gasteiger partial charge in [-0.25, -0.2) is 9.59 Å². The number of hydrogen-bond donors (Lipinski definition) is 3. The molecule has 1 fully saturated rings. The molecule has 2 heterocycles. The number of piperidine rings is 1. The summed E-state index contributed by atoms with van der Waals surface area (Å²) >= 11 is 6.29. The minimum Gasteiger partial charge on any atom is -0.453 e. The first-order valence-corrected chi connectivity index (χ1v) is 13.9. The molecule has 1 spiro atoms. The van der Waals surface area contributed by atoms with Crippen molar-refractivity contribution >= 4 is 47.0 Å². The molecule has 0 radical (unpaired) electrons. The van der Waals surface area contributed by atoms with E-state index in [4.69, 9.17) is 16.3 Å². The molecule has 4 amide bonds. The number of rotatable bonds is 6. The van der Waals surface area contributed by atoms with Gasteiger partial charge in [-0.3, -0.25) is 20.2 Å².